The lowest BCUT2D eigenvalue weighted by molar-refractivity contribution is 0.0903. The van der Waals surface area contributed by atoms with Gasteiger partial charge in [0.1, 0.15) is 5.76 Å². The van der Waals surface area contributed by atoms with Gasteiger partial charge in [-0.1, -0.05) is 6.92 Å². The molecule has 1 saturated heterocycles. The molecule has 0 saturated carbocycles. The first-order valence-electron chi connectivity index (χ1n) is 6.87. The molecule has 18 heavy (non-hydrogen) atoms. The van der Waals surface area contributed by atoms with Gasteiger partial charge in [0.05, 0.1) is 18.9 Å². The molecule has 4 heteroatoms. The zero-order valence-electron chi connectivity index (χ0n) is 11.1. The standard InChI is InChI=1S/C14H24N2O2/c1-12-4-6-16(7-5-12)11-13(17)9-15-10-14-3-2-8-18-14/h2-3,8,12-13,15,17H,4-7,9-11H2,1H3. The Labute approximate surface area is 109 Å². The number of rotatable bonds is 6. The van der Waals surface area contributed by atoms with Gasteiger partial charge in [0.25, 0.3) is 0 Å². The molecule has 4 nitrogen and oxygen atoms in total. The summed E-state index contributed by atoms with van der Waals surface area (Å²) in [5, 5.41) is 13.2. The van der Waals surface area contributed by atoms with Crippen molar-refractivity contribution in [3.8, 4) is 0 Å². The van der Waals surface area contributed by atoms with Crippen molar-refractivity contribution < 1.29 is 9.52 Å². The maximum absolute atomic E-state index is 9.96. The Morgan fingerprint density at radius 2 is 2.28 bits per heavy atom. The van der Waals surface area contributed by atoms with Gasteiger partial charge in [-0.2, -0.15) is 0 Å². The van der Waals surface area contributed by atoms with Crippen LogP contribution in [0.3, 0.4) is 0 Å². The van der Waals surface area contributed by atoms with Crippen LogP contribution in [0.5, 0.6) is 0 Å². The van der Waals surface area contributed by atoms with Gasteiger partial charge in [0.2, 0.25) is 0 Å². The zero-order chi connectivity index (χ0) is 12.8. The lowest BCUT2D eigenvalue weighted by atomic mass is 9.99. The number of likely N-dealkylation sites (tertiary alicyclic amines) is 1. The molecule has 1 aromatic heterocycles. The number of aliphatic hydroxyl groups is 1. The Morgan fingerprint density at radius 3 is 2.94 bits per heavy atom. The van der Waals surface area contributed by atoms with Gasteiger partial charge in [-0.3, -0.25) is 0 Å². The van der Waals surface area contributed by atoms with Crippen LogP contribution in [0.2, 0.25) is 0 Å². The van der Waals surface area contributed by atoms with E-state index in [4.69, 9.17) is 4.42 Å². The number of nitrogens with one attached hydrogen (secondary N) is 1. The maximum Gasteiger partial charge on any atom is 0.117 e. The highest BCUT2D eigenvalue weighted by Gasteiger charge is 2.17. The van der Waals surface area contributed by atoms with Gasteiger partial charge in [-0.15, -0.1) is 0 Å². The summed E-state index contributed by atoms with van der Waals surface area (Å²) in [6, 6.07) is 3.81. The van der Waals surface area contributed by atoms with Gasteiger partial charge in [-0.05, 0) is 44.0 Å². The molecule has 0 spiro atoms. The van der Waals surface area contributed by atoms with Crippen LogP contribution in [0.15, 0.2) is 22.8 Å². The average molecular weight is 252 g/mol. The highest BCUT2D eigenvalue weighted by atomic mass is 16.3. The second kappa shape index (κ2) is 6.92. The first-order valence-corrected chi connectivity index (χ1v) is 6.87. The van der Waals surface area contributed by atoms with Crippen LogP contribution in [0.4, 0.5) is 0 Å². The monoisotopic (exact) mass is 252 g/mol. The first kappa shape index (κ1) is 13.6. The Balaban J connectivity index is 1.58. The summed E-state index contributed by atoms with van der Waals surface area (Å²) in [6.07, 6.45) is 3.88. The van der Waals surface area contributed by atoms with E-state index < -0.39 is 0 Å². The highest BCUT2D eigenvalue weighted by Crippen LogP contribution is 2.15. The molecule has 1 atom stereocenters. The number of furan rings is 1. The summed E-state index contributed by atoms with van der Waals surface area (Å²) in [4.78, 5) is 2.36. The van der Waals surface area contributed by atoms with Crippen molar-refractivity contribution in [2.24, 2.45) is 5.92 Å². The number of aliphatic hydroxyl groups excluding tert-OH is 1. The topological polar surface area (TPSA) is 48.6 Å². The molecule has 1 aliphatic heterocycles. The van der Waals surface area contributed by atoms with Crippen LogP contribution >= 0.6 is 0 Å². The Hall–Kier alpha value is -0.840. The fourth-order valence-corrected chi connectivity index (χ4v) is 2.38. The molecule has 0 amide bonds. The lowest BCUT2D eigenvalue weighted by Crippen LogP contribution is -2.41. The predicted molar refractivity (Wildman–Crippen MR) is 71.3 cm³/mol. The molecule has 0 aromatic carbocycles. The lowest BCUT2D eigenvalue weighted by Gasteiger charge is -2.31. The van der Waals surface area contributed by atoms with Crippen LogP contribution in [-0.2, 0) is 6.54 Å². The first-order chi connectivity index (χ1) is 8.74. The number of hydrogen-bond donors (Lipinski definition) is 2. The predicted octanol–water partition coefficient (Wildman–Crippen LogP) is 1.46. The molecule has 0 radical (unpaired) electrons. The second-order valence-corrected chi connectivity index (χ2v) is 5.35. The minimum absolute atomic E-state index is 0.298. The van der Waals surface area contributed by atoms with Crippen LogP contribution in [-0.4, -0.2) is 42.3 Å². The Bertz CT molecular complexity index is 319. The number of hydrogen-bond acceptors (Lipinski definition) is 4. The van der Waals surface area contributed by atoms with Gasteiger partial charge >= 0.3 is 0 Å². The SMILES string of the molecule is CC1CCN(CC(O)CNCc2ccco2)CC1. The molecule has 1 aromatic rings. The average Bonchev–Trinajstić information content (AvgIpc) is 2.85. The van der Waals surface area contributed by atoms with Crippen LogP contribution in [0.25, 0.3) is 0 Å². The normalized spacial score (nSPS) is 20.1. The Kier molecular flexibility index (Phi) is 5.23. The summed E-state index contributed by atoms with van der Waals surface area (Å²) < 4.78 is 5.22. The number of piperidine rings is 1. The van der Waals surface area contributed by atoms with E-state index in [0.29, 0.717) is 13.1 Å². The van der Waals surface area contributed by atoms with Crippen molar-refractivity contribution in [2.45, 2.75) is 32.4 Å². The molecule has 0 bridgehead atoms. The maximum atomic E-state index is 9.96. The van der Waals surface area contributed by atoms with E-state index in [1.54, 1.807) is 6.26 Å². The Morgan fingerprint density at radius 1 is 1.50 bits per heavy atom. The van der Waals surface area contributed by atoms with Gasteiger partial charge in [0, 0.05) is 13.1 Å². The van der Waals surface area contributed by atoms with E-state index in [1.807, 2.05) is 12.1 Å². The molecule has 2 N–H and O–H groups in total. The van der Waals surface area contributed by atoms with E-state index >= 15 is 0 Å². The molecular formula is C14H24N2O2. The van der Waals surface area contributed by atoms with Crippen molar-refractivity contribution in [1.29, 1.82) is 0 Å². The summed E-state index contributed by atoms with van der Waals surface area (Å²) in [7, 11) is 0. The summed E-state index contributed by atoms with van der Waals surface area (Å²) in [5.74, 6) is 1.75. The second-order valence-electron chi connectivity index (χ2n) is 5.35. The van der Waals surface area contributed by atoms with E-state index in [0.717, 1.165) is 31.3 Å². The van der Waals surface area contributed by atoms with Crippen LogP contribution in [0.1, 0.15) is 25.5 Å². The molecule has 0 aliphatic carbocycles. The van der Waals surface area contributed by atoms with E-state index in [9.17, 15) is 5.11 Å². The van der Waals surface area contributed by atoms with Crippen molar-refractivity contribution in [1.82, 2.24) is 10.2 Å². The van der Waals surface area contributed by atoms with Crippen molar-refractivity contribution >= 4 is 0 Å². The van der Waals surface area contributed by atoms with Crippen molar-refractivity contribution in [3.63, 3.8) is 0 Å². The molecule has 2 rings (SSSR count). The molecule has 1 aliphatic rings. The van der Waals surface area contributed by atoms with E-state index in [2.05, 4.69) is 17.1 Å². The fourth-order valence-electron chi connectivity index (χ4n) is 2.38. The summed E-state index contributed by atoms with van der Waals surface area (Å²) in [5.41, 5.74) is 0. The van der Waals surface area contributed by atoms with Crippen molar-refractivity contribution in [3.05, 3.63) is 24.2 Å². The minimum atomic E-state index is -0.298. The summed E-state index contributed by atoms with van der Waals surface area (Å²) in [6.45, 7) is 6.62. The highest BCUT2D eigenvalue weighted by molar-refractivity contribution is 4.97. The fraction of sp³-hybridized carbons (Fsp3) is 0.714. The van der Waals surface area contributed by atoms with Gasteiger partial charge < -0.3 is 19.7 Å². The minimum Gasteiger partial charge on any atom is -0.468 e. The van der Waals surface area contributed by atoms with Gasteiger partial charge in [-0.25, -0.2) is 0 Å². The zero-order valence-corrected chi connectivity index (χ0v) is 11.1. The number of nitrogens with zero attached hydrogens (tertiary/aromatic N) is 1. The largest absolute Gasteiger partial charge is 0.468 e. The quantitative estimate of drug-likeness (QED) is 0.805. The molecule has 102 valence electrons. The molecular weight excluding hydrogens is 228 g/mol. The molecule has 1 fully saturated rings. The van der Waals surface area contributed by atoms with Crippen molar-refractivity contribution in [2.75, 3.05) is 26.2 Å². The number of β-amino-alcohol motifs (C(OH)–C–C–N with tert-alkyl or cyclic N) is 1. The third-order valence-corrected chi connectivity index (χ3v) is 3.60. The van der Waals surface area contributed by atoms with E-state index in [-0.39, 0.29) is 6.10 Å². The van der Waals surface area contributed by atoms with Crippen LogP contribution < -0.4 is 5.32 Å². The van der Waals surface area contributed by atoms with E-state index in [1.165, 1.54) is 12.8 Å². The third-order valence-electron chi connectivity index (χ3n) is 3.60. The van der Waals surface area contributed by atoms with Gasteiger partial charge in [0.15, 0.2) is 0 Å². The smallest absolute Gasteiger partial charge is 0.117 e. The van der Waals surface area contributed by atoms with Crippen LogP contribution in [0, 0.1) is 5.92 Å². The molecule has 1 unspecified atom stereocenters. The summed E-state index contributed by atoms with van der Waals surface area (Å²) >= 11 is 0. The third kappa shape index (κ3) is 4.44. The molecule has 2 heterocycles.